The van der Waals surface area contributed by atoms with Crippen molar-refractivity contribution in [3.05, 3.63) is 28.8 Å². The first-order valence-electron chi connectivity index (χ1n) is 5.05. The molecule has 0 saturated carbocycles. The van der Waals surface area contributed by atoms with Crippen molar-refractivity contribution in [2.45, 2.75) is 33.8 Å². The van der Waals surface area contributed by atoms with E-state index in [1.165, 1.54) is 13.0 Å². The Morgan fingerprint density at radius 1 is 1.44 bits per heavy atom. The van der Waals surface area contributed by atoms with Crippen LogP contribution in [0.1, 0.15) is 35.3 Å². The minimum Gasteiger partial charge on any atom is -0.435 e. The number of benzene rings is 1. The van der Waals surface area contributed by atoms with Crippen LogP contribution in [-0.2, 0) is 6.42 Å². The van der Waals surface area contributed by atoms with Gasteiger partial charge in [-0.3, -0.25) is 4.79 Å². The minimum atomic E-state index is -2.87. The first-order valence-corrected chi connectivity index (χ1v) is 5.05. The first-order chi connectivity index (χ1) is 7.45. The van der Waals surface area contributed by atoms with E-state index in [1.807, 2.05) is 6.92 Å². The lowest BCUT2D eigenvalue weighted by atomic mass is 10.00. The van der Waals surface area contributed by atoms with E-state index in [2.05, 4.69) is 4.74 Å². The summed E-state index contributed by atoms with van der Waals surface area (Å²) in [4.78, 5) is 11.2. The highest BCUT2D eigenvalue weighted by molar-refractivity contribution is 5.94. The van der Waals surface area contributed by atoms with Gasteiger partial charge in [0.25, 0.3) is 0 Å². The minimum absolute atomic E-state index is 0.0997. The van der Waals surface area contributed by atoms with Gasteiger partial charge in [0.1, 0.15) is 5.75 Å². The standard InChI is InChI=1S/C12H14F2O2/c1-4-10-7(2)5-9(8(3)15)6-11(10)16-12(13)14/h5-6,12H,4H2,1-3H3. The Balaban J connectivity index is 3.25. The summed E-state index contributed by atoms with van der Waals surface area (Å²) in [6, 6.07) is 3.07. The third kappa shape index (κ3) is 2.78. The molecular formula is C12H14F2O2. The third-order valence-corrected chi connectivity index (χ3v) is 2.41. The molecule has 0 aliphatic rings. The predicted octanol–water partition coefficient (Wildman–Crippen LogP) is 3.36. The Kier molecular flexibility index (Phi) is 3.99. The van der Waals surface area contributed by atoms with Gasteiger partial charge in [0.05, 0.1) is 0 Å². The largest absolute Gasteiger partial charge is 0.435 e. The van der Waals surface area contributed by atoms with Crippen LogP contribution in [0, 0.1) is 6.92 Å². The lowest BCUT2D eigenvalue weighted by Crippen LogP contribution is -2.07. The molecule has 0 aromatic heterocycles. The van der Waals surface area contributed by atoms with E-state index in [0.717, 1.165) is 5.56 Å². The molecular weight excluding hydrogens is 214 g/mol. The van der Waals surface area contributed by atoms with Crippen LogP contribution >= 0.6 is 0 Å². The van der Waals surface area contributed by atoms with Crippen LogP contribution in [0.3, 0.4) is 0 Å². The number of ketones is 1. The van der Waals surface area contributed by atoms with E-state index in [1.54, 1.807) is 13.0 Å². The van der Waals surface area contributed by atoms with Crippen LogP contribution in [0.2, 0.25) is 0 Å². The van der Waals surface area contributed by atoms with E-state index in [4.69, 9.17) is 0 Å². The number of ether oxygens (including phenoxy) is 1. The molecule has 0 radical (unpaired) electrons. The van der Waals surface area contributed by atoms with E-state index >= 15 is 0 Å². The number of Topliss-reactive ketones (excluding diaryl/α,β-unsaturated/α-hetero) is 1. The van der Waals surface area contributed by atoms with Crippen LogP contribution in [0.4, 0.5) is 8.78 Å². The molecule has 2 nitrogen and oxygen atoms in total. The fourth-order valence-electron chi connectivity index (χ4n) is 1.64. The highest BCUT2D eigenvalue weighted by atomic mass is 19.3. The van der Waals surface area contributed by atoms with Crippen molar-refractivity contribution in [2.75, 3.05) is 0 Å². The number of rotatable bonds is 4. The second-order valence-corrected chi connectivity index (χ2v) is 3.56. The van der Waals surface area contributed by atoms with Crippen molar-refractivity contribution in [3.63, 3.8) is 0 Å². The molecule has 0 aliphatic carbocycles. The SMILES string of the molecule is CCc1c(C)cc(C(C)=O)cc1OC(F)F. The van der Waals surface area contributed by atoms with Crippen LogP contribution in [0.15, 0.2) is 12.1 Å². The third-order valence-electron chi connectivity index (χ3n) is 2.41. The Morgan fingerprint density at radius 2 is 2.06 bits per heavy atom. The van der Waals surface area contributed by atoms with Gasteiger partial charge < -0.3 is 4.74 Å². The summed E-state index contributed by atoms with van der Waals surface area (Å²) >= 11 is 0. The number of alkyl halides is 2. The fourth-order valence-corrected chi connectivity index (χ4v) is 1.64. The average Bonchev–Trinajstić information content (AvgIpc) is 2.16. The smallest absolute Gasteiger partial charge is 0.387 e. The van der Waals surface area contributed by atoms with Gasteiger partial charge in [-0.15, -0.1) is 0 Å². The van der Waals surface area contributed by atoms with E-state index < -0.39 is 6.61 Å². The molecule has 0 N–H and O–H groups in total. The van der Waals surface area contributed by atoms with Crippen molar-refractivity contribution in [1.29, 1.82) is 0 Å². The van der Waals surface area contributed by atoms with Gasteiger partial charge in [0, 0.05) is 5.56 Å². The normalized spacial score (nSPS) is 10.6. The van der Waals surface area contributed by atoms with Crippen molar-refractivity contribution in [2.24, 2.45) is 0 Å². The Hall–Kier alpha value is -1.45. The molecule has 0 atom stereocenters. The molecule has 0 spiro atoms. The summed E-state index contributed by atoms with van der Waals surface area (Å²) in [6.45, 7) is 2.16. The molecule has 0 saturated heterocycles. The molecule has 88 valence electrons. The number of halogens is 2. The molecule has 0 amide bonds. The zero-order valence-corrected chi connectivity index (χ0v) is 9.51. The molecule has 0 unspecified atom stereocenters. The molecule has 0 aliphatic heterocycles. The quantitative estimate of drug-likeness (QED) is 0.738. The maximum Gasteiger partial charge on any atom is 0.387 e. The van der Waals surface area contributed by atoms with Crippen molar-refractivity contribution in [1.82, 2.24) is 0 Å². The average molecular weight is 228 g/mol. The maximum absolute atomic E-state index is 12.2. The molecule has 0 fully saturated rings. The Morgan fingerprint density at radius 3 is 2.50 bits per heavy atom. The molecule has 0 heterocycles. The van der Waals surface area contributed by atoms with Crippen molar-refractivity contribution in [3.8, 4) is 5.75 Å². The van der Waals surface area contributed by atoms with Gasteiger partial charge in [0.15, 0.2) is 5.78 Å². The van der Waals surface area contributed by atoms with Gasteiger partial charge in [-0.2, -0.15) is 8.78 Å². The zero-order chi connectivity index (χ0) is 12.3. The number of hydrogen-bond acceptors (Lipinski definition) is 2. The van der Waals surface area contributed by atoms with Crippen molar-refractivity contribution >= 4 is 5.78 Å². The summed E-state index contributed by atoms with van der Waals surface area (Å²) in [7, 11) is 0. The number of hydrogen-bond donors (Lipinski definition) is 0. The number of carbonyl (C=O) groups excluding carboxylic acids is 1. The zero-order valence-electron chi connectivity index (χ0n) is 9.51. The molecule has 1 rings (SSSR count). The van der Waals surface area contributed by atoms with Gasteiger partial charge >= 0.3 is 6.61 Å². The number of carbonyl (C=O) groups is 1. The molecule has 1 aromatic carbocycles. The lowest BCUT2D eigenvalue weighted by Gasteiger charge is -2.13. The molecule has 4 heteroatoms. The summed E-state index contributed by atoms with van der Waals surface area (Å²) < 4.78 is 28.8. The van der Waals surface area contributed by atoms with Gasteiger partial charge in [-0.05, 0) is 43.5 Å². The van der Waals surface area contributed by atoms with E-state index in [0.29, 0.717) is 17.5 Å². The summed E-state index contributed by atoms with van der Waals surface area (Å²) in [5.41, 5.74) is 1.90. The summed E-state index contributed by atoms with van der Waals surface area (Å²) in [5.74, 6) is -0.0624. The first kappa shape index (κ1) is 12.6. The van der Waals surface area contributed by atoms with Gasteiger partial charge in [-0.25, -0.2) is 0 Å². The predicted molar refractivity (Wildman–Crippen MR) is 57.2 cm³/mol. The lowest BCUT2D eigenvalue weighted by molar-refractivity contribution is -0.0504. The topological polar surface area (TPSA) is 26.3 Å². The monoisotopic (exact) mass is 228 g/mol. The Labute approximate surface area is 93.2 Å². The summed E-state index contributed by atoms with van der Waals surface area (Å²) in [6.07, 6.45) is 0.589. The van der Waals surface area contributed by atoms with Gasteiger partial charge in [0.2, 0.25) is 0 Å². The summed E-state index contributed by atoms with van der Waals surface area (Å²) in [5, 5.41) is 0. The molecule has 1 aromatic rings. The van der Waals surface area contributed by atoms with Crippen LogP contribution in [-0.4, -0.2) is 12.4 Å². The van der Waals surface area contributed by atoms with Crippen LogP contribution in [0.5, 0.6) is 5.75 Å². The number of aryl methyl sites for hydroxylation is 1. The molecule has 0 bridgehead atoms. The van der Waals surface area contributed by atoms with Crippen LogP contribution in [0.25, 0.3) is 0 Å². The highest BCUT2D eigenvalue weighted by Crippen LogP contribution is 2.26. The molecule has 16 heavy (non-hydrogen) atoms. The maximum atomic E-state index is 12.2. The second-order valence-electron chi connectivity index (χ2n) is 3.56. The fraction of sp³-hybridized carbons (Fsp3) is 0.417. The highest BCUT2D eigenvalue weighted by Gasteiger charge is 2.13. The second kappa shape index (κ2) is 5.05. The van der Waals surface area contributed by atoms with E-state index in [9.17, 15) is 13.6 Å². The van der Waals surface area contributed by atoms with Gasteiger partial charge in [-0.1, -0.05) is 6.92 Å². The Bertz CT molecular complexity index is 400. The van der Waals surface area contributed by atoms with Crippen LogP contribution < -0.4 is 4.74 Å². The van der Waals surface area contributed by atoms with E-state index in [-0.39, 0.29) is 11.5 Å². The van der Waals surface area contributed by atoms with Crippen molar-refractivity contribution < 1.29 is 18.3 Å².